The largest absolute Gasteiger partial charge is 0.351 e. The number of alkyl halides is 2. The molecule has 3 aromatic rings. The number of halogens is 4. The number of imidazole rings is 1. The van der Waals surface area contributed by atoms with Crippen molar-refractivity contribution in [3.63, 3.8) is 0 Å². The molecular weight excluding hydrogens is 433 g/mol. The molecule has 2 aromatic heterocycles. The summed E-state index contributed by atoms with van der Waals surface area (Å²) >= 11 is 5.82. The molecule has 1 fully saturated rings. The van der Waals surface area contributed by atoms with Gasteiger partial charge >= 0.3 is 0 Å². The van der Waals surface area contributed by atoms with Gasteiger partial charge in [0.25, 0.3) is 11.8 Å². The van der Waals surface area contributed by atoms with Crippen molar-refractivity contribution in [3.05, 3.63) is 64.6 Å². The zero-order chi connectivity index (χ0) is 22.2. The van der Waals surface area contributed by atoms with Crippen molar-refractivity contribution in [2.24, 2.45) is 0 Å². The summed E-state index contributed by atoms with van der Waals surface area (Å²) in [6, 6.07) is 3.63. The molecule has 0 bridgehead atoms. The summed E-state index contributed by atoms with van der Waals surface area (Å²) in [4.78, 5) is 25.0. The fourth-order valence-corrected chi connectivity index (χ4v) is 3.50. The van der Waals surface area contributed by atoms with Crippen LogP contribution in [0.25, 0.3) is 5.82 Å². The van der Waals surface area contributed by atoms with Crippen molar-refractivity contribution >= 4 is 23.5 Å². The van der Waals surface area contributed by atoms with Gasteiger partial charge in [0.15, 0.2) is 0 Å². The third-order valence-corrected chi connectivity index (χ3v) is 5.02. The molecule has 0 unspecified atom stereocenters. The topological polar surface area (TPSA) is 84.7 Å². The van der Waals surface area contributed by atoms with E-state index in [4.69, 9.17) is 11.6 Å². The molecule has 7 nitrogen and oxygen atoms in total. The monoisotopic (exact) mass is 450 g/mol. The lowest BCUT2D eigenvalue weighted by Crippen LogP contribution is -2.44. The zero-order valence-electron chi connectivity index (χ0n) is 16.4. The van der Waals surface area contributed by atoms with Crippen molar-refractivity contribution < 1.29 is 18.0 Å². The standard InChI is InChI=1S/C20H18ClF3N6O/c1-11-7-26-19(28-15-5-20(23,24)6-15)29-17(11)30-9-16(27-10-30)18(31)25-8-12-2-13(21)4-14(22)3-12/h2-4,7,9-10,15H,5-6,8H2,1H3,(H,25,31)(H,26,28,29). The third kappa shape index (κ3) is 4.96. The first-order valence-electron chi connectivity index (χ1n) is 9.44. The van der Waals surface area contributed by atoms with E-state index in [0.29, 0.717) is 16.9 Å². The molecule has 162 valence electrons. The van der Waals surface area contributed by atoms with Crippen LogP contribution in [0.2, 0.25) is 5.02 Å². The van der Waals surface area contributed by atoms with Gasteiger partial charge < -0.3 is 10.6 Å². The number of amides is 1. The summed E-state index contributed by atoms with van der Waals surface area (Å²) in [5.41, 5.74) is 1.36. The van der Waals surface area contributed by atoms with E-state index in [9.17, 15) is 18.0 Å². The van der Waals surface area contributed by atoms with E-state index < -0.39 is 17.6 Å². The predicted molar refractivity (Wildman–Crippen MR) is 108 cm³/mol. The van der Waals surface area contributed by atoms with E-state index in [0.717, 1.165) is 0 Å². The molecule has 0 saturated heterocycles. The molecule has 31 heavy (non-hydrogen) atoms. The lowest BCUT2D eigenvalue weighted by atomic mass is 9.88. The number of carbonyl (C=O) groups excluding carboxylic acids is 1. The minimum atomic E-state index is -2.64. The van der Waals surface area contributed by atoms with Gasteiger partial charge in [0.2, 0.25) is 5.95 Å². The molecule has 1 aromatic carbocycles. The second kappa shape index (κ2) is 8.18. The number of hydrogen-bond donors (Lipinski definition) is 2. The summed E-state index contributed by atoms with van der Waals surface area (Å²) in [5, 5.41) is 5.78. The van der Waals surface area contributed by atoms with Crippen LogP contribution >= 0.6 is 11.6 Å². The maximum atomic E-state index is 13.4. The molecule has 1 aliphatic rings. The van der Waals surface area contributed by atoms with Gasteiger partial charge in [-0.05, 0) is 30.7 Å². The Kier molecular flexibility index (Phi) is 5.57. The van der Waals surface area contributed by atoms with Crippen LogP contribution in [0.3, 0.4) is 0 Å². The van der Waals surface area contributed by atoms with Crippen LogP contribution in [0.15, 0.2) is 36.9 Å². The number of aromatic nitrogens is 4. The number of anilines is 1. The van der Waals surface area contributed by atoms with Crippen molar-refractivity contribution in [3.8, 4) is 5.82 Å². The van der Waals surface area contributed by atoms with Gasteiger partial charge in [0, 0.05) is 48.4 Å². The Morgan fingerprint density at radius 1 is 1.29 bits per heavy atom. The number of hydrogen-bond acceptors (Lipinski definition) is 5. The summed E-state index contributed by atoms with van der Waals surface area (Å²) in [5.74, 6) is -2.90. The maximum absolute atomic E-state index is 13.4. The average molecular weight is 451 g/mol. The first-order valence-corrected chi connectivity index (χ1v) is 9.82. The Hall–Kier alpha value is -3.14. The molecule has 0 radical (unpaired) electrons. The SMILES string of the molecule is Cc1cnc(NC2CC(F)(F)C2)nc1-n1cnc(C(=O)NCc2cc(F)cc(Cl)c2)c1. The zero-order valence-corrected chi connectivity index (χ0v) is 17.1. The van der Waals surface area contributed by atoms with Crippen molar-refractivity contribution in [2.75, 3.05) is 5.32 Å². The molecule has 0 spiro atoms. The molecule has 0 aliphatic heterocycles. The minimum absolute atomic E-state index is 0.0792. The Morgan fingerprint density at radius 2 is 2.06 bits per heavy atom. The number of rotatable bonds is 6. The van der Waals surface area contributed by atoms with E-state index in [2.05, 4.69) is 25.6 Å². The summed E-state index contributed by atoms with van der Waals surface area (Å²) < 4.78 is 41.0. The lowest BCUT2D eigenvalue weighted by Gasteiger charge is -2.35. The molecule has 4 rings (SSSR count). The Labute approximate surface area is 180 Å². The Bertz CT molecular complexity index is 1110. The normalized spacial score (nSPS) is 15.4. The lowest BCUT2D eigenvalue weighted by molar-refractivity contribution is -0.0794. The summed E-state index contributed by atoms with van der Waals surface area (Å²) in [6.07, 6.45) is 3.96. The van der Waals surface area contributed by atoms with E-state index in [1.54, 1.807) is 23.8 Å². The molecule has 11 heteroatoms. The van der Waals surface area contributed by atoms with Gasteiger partial charge in [0.1, 0.15) is 23.7 Å². The van der Waals surface area contributed by atoms with Crippen LogP contribution in [0.1, 0.15) is 34.5 Å². The number of benzene rings is 1. The van der Waals surface area contributed by atoms with Gasteiger partial charge in [0.05, 0.1) is 0 Å². The molecule has 1 saturated carbocycles. The van der Waals surface area contributed by atoms with Gasteiger partial charge in [-0.2, -0.15) is 4.98 Å². The molecular formula is C20H18ClF3N6O. The van der Waals surface area contributed by atoms with Crippen molar-refractivity contribution in [1.29, 1.82) is 0 Å². The number of carbonyl (C=O) groups is 1. The Morgan fingerprint density at radius 3 is 2.77 bits per heavy atom. The van der Waals surface area contributed by atoms with Gasteiger partial charge in [-0.3, -0.25) is 9.36 Å². The van der Waals surface area contributed by atoms with Gasteiger partial charge in [-0.1, -0.05) is 11.6 Å². The summed E-state index contributed by atoms with van der Waals surface area (Å²) in [6.45, 7) is 1.86. The average Bonchev–Trinajstić information content (AvgIpc) is 3.15. The van der Waals surface area contributed by atoms with E-state index in [-0.39, 0.29) is 42.1 Å². The molecule has 1 amide bonds. The highest BCUT2D eigenvalue weighted by Crippen LogP contribution is 2.38. The predicted octanol–water partition coefficient (Wildman–Crippen LogP) is 3.90. The first-order chi connectivity index (χ1) is 14.7. The molecule has 1 aliphatic carbocycles. The fourth-order valence-electron chi connectivity index (χ4n) is 3.25. The van der Waals surface area contributed by atoms with Crippen LogP contribution in [0.5, 0.6) is 0 Å². The van der Waals surface area contributed by atoms with Crippen LogP contribution in [0, 0.1) is 12.7 Å². The second-order valence-electron chi connectivity index (χ2n) is 7.43. The second-order valence-corrected chi connectivity index (χ2v) is 7.87. The van der Waals surface area contributed by atoms with E-state index in [1.807, 2.05) is 0 Å². The van der Waals surface area contributed by atoms with E-state index >= 15 is 0 Å². The smallest absolute Gasteiger partial charge is 0.271 e. The highest BCUT2D eigenvalue weighted by Gasteiger charge is 2.45. The van der Waals surface area contributed by atoms with Crippen LogP contribution in [0.4, 0.5) is 19.1 Å². The molecule has 2 heterocycles. The van der Waals surface area contributed by atoms with Crippen LogP contribution < -0.4 is 10.6 Å². The minimum Gasteiger partial charge on any atom is -0.351 e. The highest BCUT2D eigenvalue weighted by molar-refractivity contribution is 6.30. The first kappa shape index (κ1) is 21.1. The van der Waals surface area contributed by atoms with Crippen molar-refractivity contribution in [1.82, 2.24) is 24.8 Å². The number of aryl methyl sites for hydroxylation is 1. The Balaban J connectivity index is 1.44. The van der Waals surface area contributed by atoms with E-state index in [1.165, 1.54) is 24.7 Å². The fraction of sp³-hybridized carbons (Fsp3) is 0.300. The van der Waals surface area contributed by atoms with Gasteiger partial charge in [-0.25, -0.2) is 23.1 Å². The highest BCUT2D eigenvalue weighted by atomic mass is 35.5. The van der Waals surface area contributed by atoms with Crippen molar-refractivity contribution in [2.45, 2.75) is 38.3 Å². The third-order valence-electron chi connectivity index (χ3n) is 4.80. The van der Waals surface area contributed by atoms with Crippen LogP contribution in [-0.4, -0.2) is 37.4 Å². The number of nitrogens with one attached hydrogen (secondary N) is 2. The molecule has 0 atom stereocenters. The maximum Gasteiger partial charge on any atom is 0.271 e. The quantitative estimate of drug-likeness (QED) is 0.595. The summed E-state index contributed by atoms with van der Waals surface area (Å²) in [7, 11) is 0. The van der Waals surface area contributed by atoms with Gasteiger partial charge in [-0.15, -0.1) is 0 Å². The van der Waals surface area contributed by atoms with Crippen LogP contribution in [-0.2, 0) is 6.54 Å². The number of nitrogens with zero attached hydrogens (tertiary/aromatic N) is 4. The molecule has 2 N–H and O–H groups in total.